The molecule has 0 aromatic rings. The summed E-state index contributed by atoms with van der Waals surface area (Å²) in [7, 11) is 0. The van der Waals surface area contributed by atoms with E-state index in [1.807, 2.05) is 0 Å². The SMILES string of the molecule is [CH-]1CCNC1.[CH3-].[Y+3]. The summed E-state index contributed by atoms with van der Waals surface area (Å²) in [4.78, 5) is 0. The van der Waals surface area contributed by atoms with E-state index in [4.69, 9.17) is 0 Å². The van der Waals surface area contributed by atoms with Crippen LogP contribution in [0.1, 0.15) is 6.42 Å². The van der Waals surface area contributed by atoms with Gasteiger partial charge in [0.25, 0.3) is 0 Å². The fourth-order valence-electron chi connectivity index (χ4n) is 0.510. The first-order valence-electron chi connectivity index (χ1n) is 2.02. The monoisotopic (exact) mass is 174 g/mol. The van der Waals surface area contributed by atoms with Crippen LogP contribution in [0.3, 0.4) is 0 Å². The second kappa shape index (κ2) is 7.06. The summed E-state index contributed by atoms with van der Waals surface area (Å²) in [6, 6.07) is 0. The number of hydrogen-bond donors (Lipinski definition) is 1. The summed E-state index contributed by atoms with van der Waals surface area (Å²) in [5.41, 5.74) is 0. The van der Waals surface area contributed by atoms with E-state index in [9.17, 15) is 0 Å². The normalized spacial score (nSPS) is 17.1. The largest absolute Gasteiger partial charge is 3.00 e. The third-order valence-corrected chi connectivity index (χ3v) is 0.814. The third-order valence-electron chi connectivity index (χ3n) is 0.814. The van der Waals surface area contributed by atoms with Crippen LogP contribution in [0.25, 0.3) is 0 Å². The van der Waals surface area contributed by atoms with Gasteiger partial charge < -0.3 is 19.2 Å². The maximum Gasteiger partial charge on any atom is 3.00 e. The molecule has 2 heteroatoms. The Labute approximate surface area is 71.1 Å². The van der Waals surface area contributed by atoms with Crippen molar-refractivity contribution in [1.29, 1.82) is 0 Å². The van der Waals surface area contributed by atoms with Gasteiger partial charge in [-0.25, -0.2) is 0 Å². The Balaban J connectivity index is 0. The summed E-state index contributed by atoms with van der Waals surface area (Å²) < 4.78 is 0. The zero-order chi connectivity index (χ0) is 3.54. The molecule has 0 saturated carbocycles. The molecule has 1 aliphatic rings. The zero-order valence-electron chi connectivity index (χ0n) is 4.78. The second-order valence-corrected chi connectivity index (χ2v) is 1.28. The van der Waals surface area contributed by atoms with E-state index >= 15 is 0 Å². The molecule has 0 aromatic carbocycles. The summed E-state index contributed by atoms with van der Waals surface area (Å²) >= 11 is 0. The summed E-state index contributed by atoms with van der Waals surface area (Å²) in [5, 5.41) is 3.17. The van der Waals surface area contributed by atoms with Gasteiger partial charge in [0.1, 0.15) is 0 Å². The van der Waals surface area contributed by atoms with Crippen LogP contribution in [-0.2, 0) is 32.7 Å². The van der Waals surface area contributed by atoms with Crippen molar-refractivity contribution in [3.8, 4) is 0 Å². The standard InChI is InChI=1S/C4H8N.CH3.Y/c1-2-4-5-3-1;;/h1,5H,2-4H2;1H3;/q2*-1;+3. The molecule has 1 nitrogen and oxygen atoms in total. The maximum absolute atomic E-state index is 3.17. The molecule has 0 radical (unpaired) electrons. The maximum atomic E-state index is 3.17. The van der Waals surface area contributed by atoms with E-state index in [1.54, 1.807) is 0 Å². The van der Waals surface area contributed by atoms with E-state index < -0.39 is 0 Å². The molecule has 1 fully saturated rings. The van der Waals surface area contributed by atoms with Crippen LogP contribution in [0.5, 0.6) is 0 Å². The van der Waals surface area contributed by atoms with Gasteiger partial charge >= 0.3 is 32.7 Å². The fourth-order valence-corrected chi connectivity index (χ4v) is 0.510. The van der Waals surface area contributed by atoms with E-state index in [0.29, 0.717) is 0 Å². The molecule has 1 rings (SSSR count). The molecule has 0 aliphatic carbocycles. The molecule has 0 bridgehead atoms. The molecule has 1 N–H and O–H groups in total. The molecule has 7 heavy (non-hydrogen) atoms. The smallest absolute Gasteiger partial charge is 0.358 e. The molecule has 0 unspecified atom stereocenters. The van der Waals surface area contributed by atoms with Gasteiger partial charge in [-0.1, -0.05) is 0 Å². The first-order chi connectivity index (χ1) is 2.50. The summed E-state index contributed by atoms with van der Waals surface area (Å²) in [6.45, 7) is 2.32. The Bertz CT molecular complexity index is 19.7. The summed E-state index contributed by atoms with van der Waals surface area (Å²) in [5.74, 6) is 0. The Morgan fingerprint density at radius 2 is 2.14 bits per heavy atom. The molecule has 1 aliphatic heterocycles. The molecule has 0 amide bonds. The van der Waals surface area contributed by atoms with Crippen molar-refractivity contribution in [3.63, 3.8) is 0 Å². The molecule has 0 spiro atoms. The average molecular weight is 174 g/mol. The Morgan fingerprint density at radius 1 is 1.43 bits per heavy atom. The van der Waals surface area contributed by atoms with Gasteiger partial charge in [-0.15, -0.1) is 6.54 Å². The van der Waals surface area contributed by atoms with Crippen LogP contribution in [-0.4, -0.2) is 13.1 Å². The number of rotatable bonds is 0. The molecular formula is C5H11NY+. The van der Waals surface area contributed by atoms with E-state index in [0.717, 1.165) is 6.54 Å². The van der Waals surface area contributed by atoms with Crippen molar-refractivity contribution in [2.24, 2.45) is 0 Å². The van der Waals surface area contributed by atoms with Crippen LogP contribution < -0.4 is 5.32 Å². The van der Waals surface area contributed by atoms with Crippen LogP contribution in [0.2, 0.25) is 0 Å². The molecule has 1 heterocycles. The van der Waals surface area contributed by atoms with Crippen LogP contribution in [0, 0.1) is 13.8 Å². The van der Waals surface area contributed by atoms with Crippen LogP contribution in [0.15, 0.2) is 0 Å². The van der Waals surface area contributed by atoms with Crippen molar-refractivity contribution in [2.45, 2.75) is 6.42 Å². The molecule has 0 aromatic heterocycles. The molecule has 0 atom stereocenters. The van der Waals surface area contributed by atoms with Gasteiger partial charge in [-0.2, -0.15) is 6.42 Å². The van der Waals surface area contributed by atoms with Crippen molar-refractivity contribution in [1.82, 2.24) is 5.32 Å². The van der Waals surface area contributed by atoms with E-state index in [2.05, 4.69) is 11.7 Å². The zero-order valence-corrected chi connectivity index (χ0v) is 7.61. The second-order valence-electron chi connectivity index (χ2n) is 1.28. The topological polar surface area (TPSA) is 12.0 Å². The van der Waals surface area contributed by atoms with Gasteiger partial charge in [-0.3, -0.25) is 0 Å². The van der Waals surface area contributed by atoms with Gasteiger partial charge in [0.05, 0.1) is 0 Å². The Morgan fingerprint density at radius 3 is 2.29 bits per heavy atom. The Kier molecular flexibility index (Phi) is 11.0. The van der Waals surface area contributed by atoms with Crippen molar-refractivity contribution >= 4 is 0 Å². The Hall–Kier alpha value is 1.06. The predicted molar refractivity (Wildman–Crippen MR) is 28.2 cm³/mol. The van der Waals surface area contributed by atoms with Crippen molar-refractivity contribution in [2.75, 3.05) is 13.1 Å². The third kappa shape index (κ3) is 4.93. The minimum atomic E-state index is 0. The van der Waals surface area contributed by atoms with E-state index in [1.165, 1.54) is 13.0 Å². The minimum absolute atomic E-state index is 0. The van der Waals surface area contributed by atoms with Crippen LogP contribution >= 0.6 is 0 Å². The summed E-state index contributed by atoms with van der Waals surface area (Å²) in [6.07, 6.45) is 3.51. The predicted octanol–water partition coefficient (Wildman–Crippen LogP) is 0.632. The first kappa shape index (κ1) is 10.9. The van der Waals surface area contributed by atoms with Crippen molar-refractivity contribution < 1.29 is 32.7 Å². The molecule has 1 saturated heterocycles. The first-order valence-corrected chi connectivity index (χ1v) is 2.02. The number of nitrogens with one attached hydrogen (secondary N) is 1. The fraction of sp³-hybridized carbons (Fsp3) is 0.600. The molecule has 38 valence electrons. The van der Waals surface area contributed by atoms with E-state index in [-0.39, 0.29) is 40.1 Å². The van der Waals surface area contributed by atoms with Crippen molar-refractivity contribution in [3.05, 3.63) is 13.8 Å². The van der Waals surface area contributed by atoms with Gasteiger partial charge in [0.15, 0.2) is 0 Å². The average Bonchev–Trinajstić information content (AvgIpc) is 1.76. The van der Waals surface area contributed by atoms with Gasteiger partial charge in [0, 0.05) is 0 Å². The number of hydrogen-bond acceptors (Lipinski definition) is 1. The van der Waals surface area contributed by atoms with Gasteiger partial charge in [0.2, 0.25) is 0 Å². The van der Waals surface area contributed by atoms with Gasteiger partial charge in [-0.05, 0) is 6.54 Å². The molecular weight excluding hydrogens is 163 g/mol. The minimum Gasteiger partial charge on any atom is -0.358 e. The van der Waals surface area contributed by atoms with Crippen LogP contribution in [0.4, 0.5) is 0 Å². The quantitative estimate of drug-likeness (QED) is 0.531.